The number of benzene rings is 5. The Balaban J connectivity index is 1.27. The van der Waals surface area contributed by atoms with Crippen LogP contribution in [-0.2, 0) is 14.8 Å². The van der Waals surface area contributed by atoms with Gasteiger partial charge in [-0.3, -0.25) is 9.10 Å². The Hall–Kier alpha value is -4.82. The van der Waals surface area contributed by atoms with Gasteiger partial charge in [-0.05, 0) is 78.4 Å². The zero-order valence-corrected chi connectivity index (χ0v) is 23.4. The molecule has 0 saturated carbocycles. The summed E-state index contributed by atoms with van der Waals surface area (Å²) in [6.07, 6.45) is 0. The number of nitrogens with one attached hydrogen (secondary N) is 1. The van der Waals surface area contributed by atoms with E-state index in [-0.39, 0.29) is 18.0 Å². The van der Waals surface area contributed by atoms with E-state index in [0.717, 1.165) is 20.6 Å². The molecular formula is C33H30N2O5S. The Morgan fingerprint density at radius 1 is 0.732 bits per heavy atom. The molecule has 8 heteroatoms. The molecule has 0 aromatic heterocycles. The van der Waals surface area contributed by atoms with Crippen LogP contribution >= 0.6 is 0 Å². The number of aryl methyl sites for hydroxylation is 1. The third-order valence-electron chi connectivity index (χ3n) is 6.41. The zero-order chi connectivity index (χ0) is 28.7. The highest BCUT2D eigenvalue weighted by atomic mass is 32.2. The molecule has 0 aliphatic rings. The van der Waals surface area contributed by atoms with Gasteiger partial charge in [0.1, 0.15) is 30.4 Å². The van der Waals surface area contributed by atoms with E-state index in [1.54, 1.807) is 48.5 Å². The second-order valence-corrected chi connectivity index (χ2v) is 11.3. The summed E-state index contributed by atoms with van der Waals surface area (Å²) < 4.78 is 40.1. The van der Waals surface area contributed by atoms with Crippen LogP contribution in [-0.4, -0.2) is 34.0 Å². The van der Waals surface area contributed by atoms with E-state index in [2.05, 4.69) is 5.32 Å². The minimum Gasteiger partial charge on any atom is -0.492 e. The van der Waals surface area contributed by atoms with E-state index in [9.17, 15) is 13.2 Å². The monoisotopic (exact) mass is 566 g/mol. The normalized spacial score (nSPS) is 11.1. The van der Waals surface area contributed by atoms with Crippen LogP contribution in [0.15, 0.2) is 126 Å². The van der Waals surface area contributed by atoms with Crippen molar-refractivity contribution < 1.29 is 22.7 Å². The average molecular weight is 567 g/mol. The number of amides is 1. The molecule has 0 aliphatic carbocycles. The Morgan fingerprint density at radius 3 is 2.10 bits per heavy atom. The van der Waals surface area contributed by atoms with Gasteiger partial charge in [-0.15, -0.1) is 0 Å². The average Bonchev–Trinajstić information content (AvgIpc) is 2.99. The summed E-state index contributed by atoms with van der Waals surface area (Å²) in [5.74, 6) is 1.45. The molecule has 5 aromatic rings. The molecule has 5 aromatic carbocycles. The second kappa shape index (κ2) is 12.6. The van der Waals surface area contributed by atoms with Crippen molar-refractivity contribution in [2.24, 2.45) is 0 Å². The van der Waals surface area contributed by atoms with Crippen LogP contribution in [0.1, 0.15) is 5.56 Å². The van der Waals surface area contributed by atoms with Gasteiger partial charge in [0.25, 0.3) is 10.0 Å². The number of anilines is 1. The van der Waals surface area contributed by atoms with E-state index in [1.807, 2.05) is 79.7 Å². The molecule has 1 amide bonds. The predicted octanol–water partition coefficient (Wildman–Crippen LogP) is 6.33. The van der Waals surface area contributed by atoms with E-state index in [4.69, 9.17) is 9.47 Å². The number of rotatable bonds is 11. The first-order valence-electron chi connectivity index (χ1n) is 13.2. The zero-order valence-electron chi connectivity index (χ0n) is 22.6. The first-order valence-corrected chi connectivity index (χ1v) is 14.6. The van der Waals surface area contributed by atoms with Gasteiger partial charge in [0, 0.05) is 0 Å². The Bertz CT molecular complexity index is 1720. The number of hydrogen-bond donors (Lipinski definition) is 1. The van der Waals surface area contributed by atoms with E-state index in [0.29, 0.717) is 22.9 Å². The van der Waals surface area contributed by atoms with Gasteiger partial charge in [0.05, 0.1) is 17.1 Å². The molecule has 0 atom stereocenters. The first kappa shape index (κ1) is 27.7. The van der Waals surface area contributed by atoms with Crippen LogP contribution in [0.25, 0.3) is 10.8 Å². The minimum atomic E-state index is -4.03. The van der Waals surface area contributed by atoms with Crippen LogP contribution < -0.4 is 19.1 Å². The van der Waals surface area contributed by atoms with Crippen molar-refractivity contribution in [1.82, 2.24) is 5.32 Å². The lowest BCUT2D eigenvalue weighted by Gasteiger charge is -2.24. The fraction of sp³-hybridized carbons (Fsp3) is 0.121. The third kappa shape index (κ3) is 7.04. The van der Waals surface area contributed by atoms with Gasteiger partial charge in [-0.1, -0.05) is 66.2 Å². The molecule has 0 fully saturated rings. The number of hydrogen-bond acceptors (Lipinski definition) is 5. The number of carbonyl (C=O) groups excluding carboxylic acids is 1. The first-order chi connectivity index (χ1) is 19.9. The van der Waals surface area contributed by atoms with Gasteiger partial charge < -0.3 is 14.8 Å². The fourth-order valence-corrected chi connectivity index (χ4v) is 5.68. The standard InChI is InChI=1S/C33H30N2O5S/c1-25-11-19-32(20-12-25)41(37,38)35(28-14-17-30(18-15-28)40-29-9-3-2-4-10-29)24-33(36)34-21-22-39-31-16-13-26-7-5-6-8-27(26)23-31/h2-20,23H,21-22,24H2,1H3,(H,34,36). The lowest BCUT2D eigenvalue weighted by atomic mass is 10.1. The van der Waals surface area contributed by atoms with E-state index >= 15 is 0 Å². The maximum atomic E-state index is 13.7. The number of ether oxygens (including phenoxy) is 2. The van der Waals surface area contributed by atoms with Crippen LogP contribution in [0.2, 0.25) is 0 Å². The highest BCUT2D eigenvalue weighted by Crippen LogP contribution is 2.28. The minimum absolute atomic E-state index is 0.0974. The molecule has 0 heterocycles. The third-order valence-corrected chi connectivity index (χ3v) is 8.20. The van der Waals surface area contributed by atoms with E-state index < -0.39 is 22.5 Å². The Morgan fingerprint density at radius 2 is 1.37 bits per heavy atom. The molecule has 208 valence electrons. The lowest BCUT2D eigenvalue weighted by Crippen LogP contribution is -2.41. The maximum absolute atomic E-state index is 13.7. The van der Waals surface area contributed by atoms with Crippen LogP contribution in [0.5, 0.6) is 17.2 Å². The molecule has 7 nitrogen and oxygen atoms in total. The smallest absolute Gasteiger partial charge is 0.264 e. The van der Waals surface area contributed by atoms with Crippen molar-refractivity contribution >= 4 is 32.4 Å². The second-order valence-electron chi connectivity index (χ2n) is 9.44. The lowest BCUT2D eigenvalue weighted by molar-refractivity contribution is -0.119. The number of fused-ring (bicyclic) bond motifs is 1. The van der Waals surface area contributed by atoms with Crippen LogP contribution in [0.4, 0.5) is 5.69 Å². The SMILES string of the molecule is Cc1ccc(S(=O)(=O)N(CC(=O)NCCOc2ccc3ccccc3c2)c2ccc(Oc3ccccc3)cc2)cc1. The highest BCUT2D eigenvalue weighted by molar-refractivity contribution is 7.92. The topological polar surface area (TPSA) is 84.9 Å². The van der Waals surface area contributed by atoms with Gasteiger partial charge in [0.2, 0.25) is 5.91 Å². The quantitative estimate of drug-likeness (QED) is 0.189. The van der Waals surface area contributed by atoms with Crippen LogP contribution in [0, 0.1) is 6.92 Å². The number of para-hydroxylation sites is 1. The van der Waals surface area contributed by atoms with Crippen molar-refractivity contribution in [3.63, 3.8) is 0 Å². The predicted molar refractivity (Wildman–Crippen MR) is 161 cm³/mol. The van der Waals surface area contributed by atoms with Crippen molar-refractivity contribution in [1.29, 1.82) is 0 Å². The molecule has 0 radical (unpaired) electrons. The summed E-state index contributed by atoms with van der Waals surface area (Å²) in [5.41, 5.74) is 1.27. The summed E-state index contributed by atoms with van der Waals surface area (Å²) in [7, 11) is -4.03. The van der Waals surface area contributed by atoms with Gasteiger partial charge >= 0.3 is 0 Å². The molecule has 0 bridgehead atoms. The molecule has 0 unspecified atom stereocenters. The van der Waals surface area contributed by atoms with Crippen molar-refractivity contribution in [2.75, 3.05) is 24.0 Å². The van der Waals surface area contributed by atoms with Crippen molar-refractivity contribution in [3.05, 3.63) is 127 Å². The molecule has 5 rings (SSSR count). The number of nitrogens with zero attached hydrogens (tertiary/aromatic N) is 1. The summed E-state index contributed by atoms with van der Waals surface area (Å²) in [6, 6.07) is 36.2. The van der Waals surface area contributed by atoms with Gasteiger partial charge in [-0.25, -0.2) is 8.42 Å². The van der Waals surface area contributed by atoms with Gasteiger partial charge in [-0.2, -0.15) is 0 Å². The fourth-order valence-electron chi connectivity index (χ4n) is 4.26. The highest BCUT2D eigenvalue weighted by Gasteiger charge is 2.27. The molecule has 0 spiro atoms. The summed E-state index contributed by atoms with van der Waals surface area (Å²) in [6.45, 7) is 1.94. The van der Waals surface area contributed by atoms with Gasteiger partial charge in [0.15, 0.2) is 0 Å². The molecule has 41 heavy (non-hydrogen) atoms. The molecular weight excluding hydrogens is 536 g/mol. The molecule has 0 saturated heterocycles. The number of carbonyl (C=O) groups is 1. The molecule has 1 N–H and O–H groups in total. The van der Waals surface area contributed by atoms with Crippen molar-refractivity contribution in [3.8, 4) is 17.2 Å². The van der Waals surface area contributed by atoms with Crippen LogP contribution in [0.3, 0.4) is 0 Å². The molecule has 0 aliphatic heterocycles. The van der Waals surface area contributed by atoms with Crippen molar-refractivity contribution in [2.45, 2.75) is 11.8 Å². The Kier molecular flexibility index (Phi) is 8.50. The summed E-state index contributed by atoms with van der Waals surface area (Å²) in [4.78, 5) is 13.1. The Labute approximate surface area is 240 Å². The summed E-state index contributed by atoms with van der Waals surface area (Å²) >= 11 is 0. The van der Waals surface area contributed by atoms with E-state index in [1.165, 1.54) is 0 Å². The largest absolute Gasteiger partial charge is 0.492 e. The number of sulfonamides is 1. The summed E-state index contributed by atoms with van der Waals surface area (Å²) in [5, 5.41) is 4.95. The maximum Gasteiger partial charge on any atom is 0.264 e.